The molecule has 0 bridgehead atoms. The average Bonchev–Trinajstić information content (AvgIpc) is 3.15. The zero-order valence-corrected chi connectivity index (χ0v) is 32.4. The van der Waals surface area contributed by atoms with Crippen LogP contribution in [0.5, 0.6) is 5.75 Å². The second-order valence-electron chi connectivity index (χ2n) is 11.7. The SMILES string of the molecule is COc1ccc(S(=O)(=O)C2(C(=O)O)CCN(Cc3ccc(Br)cc3)CC2)cc1.NO.OCCN(CCO)c1ccccc1Cc1ccc(Br)cc1. The molecule has 0 amide bonds. The number of likely N-dealkylation sites (tertiary alicyclic amines) is 1. The minimum Gasteiger partial charge on any atom is -0.497 e. The van der Waals surface area contributed by atoms with Gasteiger partial charge in [0.05, 0.1) is 25.2 Å². The van der Waals surface area contributed by atoms with E-state index in [1.54, 1.807) is 0 Å². The van der Waals surface area contributed by atoms with Crippen LogP contribution in [0.3, 0.4) is 0 Å². The largest absolute Gasteiger partial charge is 0.497 e. The van der Waals surface area contributed by atoms with Crippen molar-refractivity contribution < 1.29 is 38.5 Å². The van der Waals surface area contributed by atoms with E-state index in [0.29, 0.717) is 38.5 Å². The van der Waals surface area contributed by atoms with Crippen LogP contribution in [0.1, 0.15) is 29.5 Å². The third-order valence-corrected chi connectivity index (χ3v) is 12.2. The number of piperidine rings is 1. The first-order valence-corrected chi connectivity index (χ1v) is 19.2. The molecule has 1 saturated heterocycles. The fourth-order valence-electron chi connectivity index (χ4n) is 5.88. The van der Waals surface area contributed by atoms with E-state index >= 15 is 0 Å². The molecule has 0 unspecified atom stereocenters. The molecule has 4 aromatic carbocycles. The van der Waals surface area contributed by atoms with Crippen LogP contribution in [0.25, 0.3) is 0 Å². The van der Waals surface area contributed by atoms with Gasteiger partial charge in [-0.2, -0.15) is 0 Å². The Hall–Kier alpha value is -3.34. The van der Waals surface area contributed by atoms with Crippen LogP contribution < -0.4 is 15.5 Å². The smallest absolute Gasteiger partial charge is 0.325 e. The van der Waals surface area contributed by atoms with Gasteiger partial charge in [-0.05, 0) is 90.6 Å². The van der Waals surface area contributed by atoms with Crippen LogP contribution in [0.4, 0.5) is 5.69 Å². The molecule has 6 N–H and O–H groups in total. The topological polar surface area (TPSA) is 174 Å². The third kappa shape index (κ3) is 11.3. The second kappa shape index (κ2) is 20.6. The Morgan fingerprint density at radius 2 is 1.33 bits per heavy atom. The van der Waals surface area contributed by atoms with Gasteiger partial charge in [0, 0.05) is 47.4 Å². The van der Waals surface area contributed by atoms with Crippen LogP contribution in [-0.4, -0.2) is 91.1 Å². The van der Waals surface area contributed by atoms with Gasteiger partial charge in [-0.25, -0.2) is 14.3 Å². The van der Waals surface area contributed by atoms with E-state index < -0.39 is 20.6 Å². The summed E-state index contributed by atoms with van der Waals surface area (Å²) in [5.41, 5.74) is 4.60. The molecule has 0 saturated carbocycles. The van der Waals surface area contributed by atoms with Crippen molar-refractivity contribution in [2.75, 3.05) is 51.4 Å². The number of carboxylic acids is 1. The van der Waals surface area contributed by atoms with Crippen molar-refractivity contribution in [3.05, 3.63) is 123 Å². The minimum absolute atomic E-state index is 0.0112. The molecule has 0 aliphatic carbocycles. The number of methoxy groups -OCH3 is 1. The minimum atomic E-state index is -4.04. The Kier molecular flexibility index (Phi) is 17.0. The molecular formula is C37H45Br2N3O8S. The molecule has 0 atom stereocenters. The lowest BCUT2D eigenvalue weighted by Crippen LogP contribution is -2.54. The number of ether oxygens (including phenoxy) is 1. The highest BCUT2D eigenvalue weighted by molar-refractivity contribution is 9.10. The maximum Gasteiger partial charge on any atom is 0.325 e. The van der Waals surface area contributed by atoms with Crippen molar-refractivity contribution >= 4 is 53.4 Å². The summed E-state index contributed by atoms with van der Waals surface area (Å²) in [6.07, 6.45) is 0.928. The molecule has 11 nitrogen and oxygen atoms in total. The molecular weight excluding hydrogens is 806 g/mol. The summed E-state index contributed by atoms with van der Waals surface area (Å²) >= 11 is 6.85. The number of para-hydroxylation sites is 1. The number of aliphatic hydroxyl groups is 2. The number of carboxylic acid groups (broad SMARTS) is 1. The summed E-state index contributed by atoms with van der Waals surface area (Å²) < 4.78 is 31.7. The number of hydrogen-bond donors (Lipinski definition) is 5. The monoisotopic (exact) mass is 849 g/mol. The Morgan fingerprint density at radius 3 is 1.82 bits per heavy atom. The molecule has 0 aromatic heterocycles. The van der Waals surface area contributed by atoms with Gasteiger partial charge in [0.1, 0.15) is 5.75 Å². The van der Waals surface area contributed by atoms with E-state index in [4.69, 9.17) is 9.94 Å². The average molecular weight is 852 g/mol. The lowest BCUT2D eigenvalue weighted by atomic mass is 9.95. The van der Waals surface area contributed by atoms with E-state index in [2.05, 4.69) is 60.9 Å². The number of rotatable bonds is 13. The molecule has 1 heterocycles. The summed E-state index contributed by atoms with van der Waals surface area (Å²) in [6.45, 7) is 2.66. The summed E-state index contributed by atoms with van der Waals surface area (Å²) in [4.78, 5) is 16.2. The molecule has 51 heavy (non-hydrogen) atoms. The highest BCUT2D eigenvalue weighted by Gasteiger charge is 2.53. The zero-order chi connectivity index (χ0) is 37.4. The van der Waals surface area contributed by atoms with E-state index in [1.807, 2.05) is 59.5 Å². The van der Waals surface area contributed by atoms with Crippen LogP contribution in [-0.2, 0) is 27.6 Å². The predicted molar refractivity (Wildman–Crippen MR) is 205 cm³/mol. The van der Waals surface area contributed by atoms with Crippen LogP contribution in [0.15, 0.2) is 111 Å². The summed E-state index contributed by atoms with van der Waals surface area (Å²) in [5, 5.41) is 34.8. The zero-order valence-electron chi connectivity index (χ0n) is 28.4. The van der Waals surface area contributed by atoms with Crippen molar-refractivity contribution in [3.8, 4) is 5.75 Å². The molecule has 0 radical (unpaired) electrons. The first-order chi connectivity index (χ1) is 24.5. The number of hydrogen-bond acceptors (Lipinski definition) is 10. The third-order valence-electron chi connectivity index (χ3n) is 8.64. The number of nitrogens with two attached hydrogens (primary N) is 1. The second-order valence-corrected chi connectivity index (χ2v) is 15.8. The lowest BCUT2D eigenvalue weighted by Gasteiger charge is -2.38. The van der Waals surface area contributed by atoms with Gasteiger partial charge in [0.2, 0.25) is 0 Å². The summed E-state index contributed by atoms with van der Waals surface area (Å²) in [7, 11) is -2.55. The first kappa shape index (κ1) is 42.1. The molecule has 1 fully saturated rings. The summed E-state index contributed by atoms with van der Waals surface area (Å²) in [6, 6.07) is 30.2. The standard InChI is InChI=1S/C20H22BrNO5S.C17H20BrNO2.H3NO/c1-27-17-6-8-18(9-7-17)28(25,26)20(19(23)24)10-12-22(13-11-20)14-15-2-4-16(21)5-3-15;18-16-7-5-14(6-8-16)13-15-3-1-2-4-17(15)19(9-11-20)10-12-21;1-2/h2-9H,10-14H2,1H3,(H,23,24);1-8,20-21H,9-13H2;2H,1H2. The number of benzene rings is 4. The van der Waals surface area contributed by atoms with Gasteiger partial charge in [-0.3, -0.25) is 9.69 Å². The van der Waals surface area contributed by atoms with Crippen LogP contribution in [0, 0.1) is 0 Å². The molecule has 1 aliphatic rings. The number of halogens is 2. The van der Waals surface area contributed by atoms with Crippen molar-refractivity contribution in [1.82, 2.24) is 4.90 Å². The fraction of sp³-hybridized carbons (Fsp3) is 0.324. The molecule has 4 aromatic rings. The van der Waals surface area contributed by atoms with E-state index in [1.165, 1.54) is 42.5 Å². The number of anilines is 1. The fourth-order valence-corrected chi connectivity index (χ4v) is 8.31. The Labute approximate surface area is 316 Å². The quantitative estimate of drug-likeness (QED) is 0.107. The number of sulfone groups is 1. The summed E-state index contributed by atoms with van der Waals surface area (Å²) in [5.74, 6) is 2.74. The van der Waals surface area contributed by atoms with Gasteiger partial charge in [-0.15, -0.1) is 0 Å². The van der Waals surface area contributed by atoms with Gasteiger partial charge >= 0.3 is 5.97 Å². The Morgan fingerprint density at radius 1 is 0.824 bits per heavy atom. The van der Waals surface area contributed by atoms with Crippen LogP contribution in [0.2, 0.25) is 0 Å². The number of nitrogens with zero attached hydrogens (tertiary/aromatic N) is 2. The molecule has 1 aliphatic heterocycles. The number of carbonyl (C=O) groups is 1. The molecule has 14 heteroatoms. The molecule has 5 rings (SSSR count). The van der Waals surface area contributed by atoms with Crippen LogP contribution >= 0.6 is 31.9 Å². The van der Waals surface area contributed by atoms with Gasteiger partial charge in [0.25, 0.3) is 0 Å². The molecule has 0 spiro atoms. The van der Waals surface area contributed by atoms with Gasteiger partial charge < -0.3 is 30.2 Å². The highest BCUT2D eigenvalue weighted by atomic mass is 79.9. The predicted octanol–water partition coefficient (Wildman–Crippen LogP) is 5.52. The lowest BCUT2D eigenvalue weighted by molar-refractivity contribution is -0.141. The van der Waals surface area contributed by atoms with E-state index in [0.717, 1.165) is 26.6 Å². The van der Waals surface area contributed by atoms with Crippen molar-refractivity contribution in [2.45, 2.75) is 35.4 Å². The van der Waals surface area contributed by atoms with Gasteiger partial charge in [-0.1, -0.05) is 74.3 Å². The normalized spacial score (nSPS) is 13.9. The Bertz CT molecular complexity index is 1750. The maximum atomic E-state index is 13.2. The first-order valence-electron chi connectivity index (χ1n) is 16.2. The highest BCUT2D eigenvalue weighted by Crippen LogP contribution is 2.37. The van der Waals surface area contributed by atoms with Crippen molar-refractivity contribution in [3.63, 3.8) is 0 Å². The van der Waals surface area contributed by atoms with Gasteiger partial charge in [0.15, 0.2) is 14.6 Å². The number of aliphatic hydroxyl groups excluding tert-OH is 2. The number of aliphatic carboxylic acids is 1. The van der Waals surface area contributed by atoms with Crippen molar-refractivity contribution in [2.24, 2.45) is 5.90 Å². The van der Waals surface area contributed by atoms with E-state index in [-0.39, 0.29) is 31.0 Å². The van der Waals surface area contributed by atoms with Crippen molar-refractivity contribution in [1.29, 1.82) is 0 Å². The maximum absolute atomic E-state index is 13.2. The van der Waals surface area contributed by atoms with E-state index in [9.17, 15) is 28.5 Å². The molecule has 276 valence electrons. The Balaban J connectivity index is 0.000000273.